The summed E-state index contributed by atoms with van der Waals surface area (Å²) in [6.45, 7) is 0.696. The monoisotopic (exact) mass is 271 g/mol. The number of hydrogen-bond acceptors (Lipinski definition) is 4. The molecule has 0 saturated carbocycles. The van der Waals surface area contributed by atoms with Crippen molar-refractivity contribution in [3.8, 4) is 0 Å². The Hall–Kier alpha value is -2.40. The maximum atomic E-state index is 10.7. The van der Waals surface area contributed by atoms with Gasteiger partial charge in [0.2, 0.25) is 0 Å². The highest BCUT2D eigenvalue weighted by Gasteiger charge is 2.11. The third-order valence-electron chi connectivity index (χ3n) is 2.95. The Morgan fingerprint density at radius 3 is 2.60 bits per heavy atom. The van der Waals surface area contributed by atoms with Crippen LogP contribution in [0.15, 0.2) is 48.8 Å². The number of anilines is 1. The SMILES string of the molecule is N[C@@H](Cc1ccc(NCc2cccnc2)cc1)C(=O)O. The summed E-state index contributed by atoms with van der Waals surface area (Å²) in [7, 11) is 0. The van der Waals surface area contributed by atoms with Gasteiger partial charge in [-0.05, 0) is 35.7 Å². The fourth-order valence-corrected chi connectivity index (χ4v) is 1.81. The first kappa shape index (κ1) is 14.0. The minimum Gasteiger partial charge on any atom is -0.480 e. The number of aliphatic carboxylic acids is 1. The van der Waals surface area contributed by atoms with Crippen LogP contribution in [0.25, 0.3) is 0 Å². The van der Waals surface area contributed by atoms with E-state index in [1.165, 1.54) is 0 Å². The Bertz CT molecular complexity index is 555. The molecule has 0 aliphatic rings. The molecule has 104 valence electrons. The number of aromatic nitrogens is 1. The van der Waals surface area contributed by atoms with E-state index < -0.39 is 12.0 Å². The van der Waals surface area contributed by atoms with Crippen LogP contribution in [0.1, 0.15) is 11.1 Å². The van der Waals surface area contributed by atoms with Crippen LogP contribution in [-0.2, 0) is 17.8 Å². The van der Waals surface area contributed by atoms with Crippen molar-refractivity contribution in [1.82, 2.24) is 4.98 Å². The zero-order valence-electron chi connectivity index (χ0n) is 11.0. The van der Waals surface area contributed by atoms with E-state index in [0.29, 0.717) is 13.0 Å². The van der Waals surface area contributed by atoms with Gasteiger partial charge in [0, 0.05) is 24.6 Å². The number of nitrogens with two attached hydrogens (primary N) is 1. The summed E-state index contributed by atoms with van der Waals surface area (Å²) in [4.78, 5) is 14.7. The molecule has 0 bridgehead atoms. The summed E-state index contributed by atoms with van der Waals surface area (Å²) in [5, 5.41) is 12.0. The van der Waals surface area contributed by atoms with Gasteiger partial charge in [-0.3, -0.25) is 9.78 Å². The van der Waals surface area contributed by atoms with Crippen LogP contribution in [0.4, 0.5) is 5.69 Å². The molecule has 0 amide bonds. The summed E-state index contributed by atoms with van der Waals surface area (Å²) < 4.78 is 0. The predicted octanol–water partition coefficient (Wildman–Crippen LogP) is 1.65. The summed E-state index contributed by atoms with van der Waals surface area (Å²) in [6, 6.07) is 10.6. The van der Waals surface area contributed by atoms with E-state index >= 15 is 0 Å². The van der Waals surface area contributed by atoms with Crippen LogP contribution < -0.4 is 11.1 Å². The highest BCUT2D eigenvalue weighted by atomic mass is 16.4. The molecular formula is C15H17N3O2. The summed E-state index contributed by atoms with van der Waals surface area (Å²) in [5.41, 5.74) is 8.48. The lowest BCUT2D eigenvalue weighted by atomic mass is 10.1. The highest BCUT2D eigenvalue weighted by molar-refractivity contribution is 5.73. The molecule has 0 radical (unpaired) electrons. The quantitative estimate of drug-likeness (QED) is 0.743. The lowest BCUT2D eigenvalue weighted by Gasteiger charge is -2.09. The number of benzene rings is 1. The summed E-state index contributed by atoms with van der Waals surface area (Å²) >= 11 is 0. The summed E-state index contributed by atoms with van der Waals surface area (Å²) in [5.74, 6) is -0.983. The smallest absolute Gasteiger partial charge is 0.320 e. The molecule has 4 N–H and O–H groups in total. The molecule has 0 unspecified atom stereocenters. The van der Waals surface area contributed by atoms with Gasteiger partial charge < -0.3 is 16.2 Å². The Morgan fingerprint density at radius 2 is 2.00 bits per heavy atom. The normalized spacial score (nSPS) is 11.8. The van der Waals surface area contributed by atoms with Gasteiger partial charge in [0.1, 0.15) is 6.04 Å². The Morgan fingerprint density at radius 1 is 1.25 bits per heavy atom. The van der Waals surface area contributed by atoms with Crippen molar-refractivity contribution in [2.75, 3.05) is 5.32 Å². The molecule has 5 heteroatoms. The van der Waals surface area contributed by atoms with Crippen LogP contribution in [-0.4, -0.2) is 22.1 Å². The van der Waals surface area contributed by atoms with Crippen LogP contribution in [0, 0.1) is 0 Å². The van der Waals surface area contributed by atoms with Gasteiger partial charge in [-0.2, -0.15) is 0 Å². The Kier molecular flexibility index (Phi) is 4.68. The zero-order valence-corrected chi connectivity index (χ0v) is 11.0. The van der Waals surface area contributed by atoms with Gasteiger partial charge in [-0.15, -0.1) is 0 Å². The first-order valence-corrected chi connectivity index (χ1v) is 6.35. The van der Waals surface area contributed by atoms with Gasteiger partial charge in [0.25, 0.3) is 0 Å². The fraction of sp³-hybridized carbons (Fsp3) is 0.200. The number of carboxylic acid groups (broad SMARTS) is 1. The maximum Gasteiger partial charge on any atom is 0.320 e. The van der Waals surface area contributed by atoms with Gasteiger partial charge in [0.15, 0.2) is 0 Å². The topological polar surface area (TPSA) is 88.2 Å². The zero-order chi connectivity index (χ0) is 14.4. The molecule has 1 heterocycles. The molecule has 20 heavy (non-hydrogen) atoms. The van der Waals surface area contributed by atoms with Crippen molar-refractivity contribution in [3.63, 3.8) is 0 Å². The van der Waals surface area contributed by atoms with Crippen molar-refractivity contribution in [3.05, 3.63) is 59.9 Å². The van der Waals surface area contributed by atoms with Crippen LogP contribution in [0.2, 0.25) is 0 Å². The molecule has 2 aromatic rings. The van der Waals surface area contributed by atoms with E-state index in [0.717, 1.165) is 16.8 Å². The minimum absolute atomic E-state index is 0.332. The third-order valence-corrected chi connectivity index (χ3v) is 2.95. The standard InChI is InChI=1S/C15H17N3O2/c16-14(15(19)20)8-11-3-5-13(6-4-11)18-10-12-2-1-7-17-9-12/h1-7,9,14,18H,8,10,16H2,(H,19,20)/t14-/m0/s1. The van der Waals surface area contributed by atoms with Gasteiger partial charge >= 0.3 is 5.97 Å². The van der Waals surface area contributed by atoms with E-state index in [2.05, 4.69) is 10.3 Å². The molecule has 1 aromatic carbocycles. The number of nitrogens with zero attached hydrogens (tertiary/aromatic N) is 1. The van der Waals surface area contributed by atoms with Crippen LogP contribution in [0.5, 0.6) is 0 Å². The fourth-order valence-electron chi connectivity index (χ4n) is 1.81. The average molecular weight is 271 g/mol. The largest absolute Gasteiger partial charge is 0.480 e. The number of nitrogens with one attached hydrogen (secondary N) is 1. The van der Waals surface area contributed by atoms with Crippen molar-refractivity contribution in [2.24, 2.45) is 5.73 Å². The molecule has 0 spiro atoms. The van der Waals surface area contributed by atoms with Gasteiger partial charge in [-0.1, -0.05) is 18.2 Å². The number of pyridine rings is 1. The van der Waals surface area contributed by atoms with E-state index in [-0.39, 0.29) is 0 Å². The van der Waals surface area contributed by atoms with Crippen LogP contribution >= 0.6 is 0 Å². The number of hydrogen-bond donors (Lipinski definition) is 3. The van der Waals surface area contributed by atoms with Crippen molar-refractivity contribution >= 4 is 11.7 Å². The molecule has 1 atom stereocenters. The van der Waals surface area contributed by atoms with Crippen molar-refractivity contribution in [1.29, 1.82) is 0 Å². The minimum atomic E-state index is -0.983. The molecule has 0 saturated heterocycles. The lowest BCUT2D eigenvalue weighted by Crippen LogP contribution is -2.32. The van der Waals surface area contributed by atoms with Gasteiger partial charge in [-0.25, -0.2) is 0 Å². The maximum absolute atomic E-state index is 10.7. The molecule has 1 aromatic heterocycles. The Labute approximate surface area is 117 Å². The molecule has 5 nitrogen and oxygen atoms in total. The van der Waals surface area contributed by atoms with E-state index in [1.54, 1.807) is 6.20 Å². The summed E-state index contributed by atoms with van der Waals surface area (Å²) in [6.07, 6.45) is 3.88. The third kappa shape index (κ3) is 4.07. The lowest BCUT2D eigenvalue weighted by molar-refractivity contribution is -0.138. The van der Waals surface area contributed by atoms with Crippen molar-refractivity contribution in [2.45, 2.75) is 19.0 Å². The highest BCUT2D eigenvalue weighted by Crippen LogP contribution is 2.12. The van der Waals surface area contributed by atoms with Crippen molar-refractivity contribution < 1.29 is 9.90 Å². The molecular weight excluding hydrogens is 254 g/mol. The van der Waals surface area contributed by atoms with Crippen LogP contribution in [0.3, 0.4) is 0 Å². The second-order valence-corrected chi connectivity index (χ2v) is 4.56. The number of carboxylic acids is 1. The molecule has 0 aliphatic heterocycles. The second-order valence-electron chi connectivity index (χ2n) is 4.56. The molecule has 0 aliphatic carbocycles. The predicted molar refractivity (Wildman–Crippen MR) is 77.3 cm³/mol. The van der Waals surface area contributed by atoms with E-state index in [9.17, 15) is 4.79 Å². The van der Waals surface area contributed by atoms with Gasteiger partial charge in [0.05, 0.1) is 0 Å². The van der Waals surface area contributed by atoms with E-state index in [4.69, 9.17) is 10.8 Å². The first-order chi connectivity index (χ1) is 9.65. The Balaban J connectivity index is 1.90. The number of rotatable bonds is 6. The molecule has 0 fully saturated rings. The van der Waals surface area contributed by atoms with E-state index in [1.807, 2.05) is 42.6 Å². The number of carbonyl (C=O) groups is 1. The second kappa shape index (κ2) is 6.68. The average Bonchev–Trinajstić information content (AvgIpc) is 2.47. The molecule has 2 rings (SSSR count). The first-order valence-electron chi connectivity index (χ1n) is 6.35.